The van der Waals surface area contributed by atoms with Crippen LogP contribution < -0.4 is 14.8 Å². The fourth-order valence-corrected chi connectivity index (χ4v) is 4.00. The highest BCUT2D eigenvalue weighted by Gasteiger charge is 2.38. The van der Waals surface area contributed by atoms with E-state index in [1.54, 1.807) is 13.2 Å². The second-order valence-corrected chi connectivity index (χ2v) is 7.28. The minimum Gasteiger partial charge on any atom is -0.493 e. The number of carbonyl (C=O) groups is 1. The molecule has 2 fully saturated rings. The Balaban J connectivity index is 1.27. The molecule has 2 heterocycles. The van der Waals surface area contributed by atoms with Crippen LogP contribution in [0.2, 0.25) is 0 Å². The van der Waals surface area contributed by atoms with Crippen LogP contribution in [0, 0.1) is 0 Å². The lowest BCUT2D eigenvalue weighted by Gasteiger charge is -2.35. The predicted octanol–water partition coefficient (Wildman–Crippen LogP) is 2.40. The molecule has 6 nitrogen and oxygen atoms in total. The second kappa shape index (κ2) is 8.63. The van der Waals surface area contributed by atoms with E-state index in [9.17, 15) is 4.79 Å². The summed E-state index contributed by atoms with van der Waals surface area (Å²) in [6.07, 6.45) is 1.00. The SMILES string of the molecule is COc1ccccc1OCC(=O)N[C@@H]1C[C@H]2CO[C@@H](c3ccccc3)CN2C1. The molecule has 1 N–H and O–H groups in total. The first-order chi connectivity index (χ1) is 13.7. The summed E-state index contributed by atoms with van der Waals surface area (Å²) in [5.41, 5.74) is 1.21. The number of para-hydroxylation sites is 2. The maximum Gasteiger partial charge on any atom is 0.258 e. The van der Waals surface area contributed by atoms with Crippen molar-refractivity contribution in [2.75, 3.05) is 33.4 Å². The van der Waals surface area contributed by atoms with Gasteiger partial charge in [0.2, 0.25) is 0 Å². The first-order valence-corrected chi connectivity index (χ1v) is 9.68. The highest BCUT2D eigenvalue weighted by molar-refractivity contribution is 5.78. The number of rotatable bonds is 6. The molecule has 0 spiro atoms. The van der Waals surface area contributed by atoms with Crippen molar-refractivity contribution in [3.8, 4) is 11.5 Å². The molecule has 0 bridgehead atoms. The average Bonchev–Trinajstić information content (AvgIpc) is 3.14. The van der Waals surface area contributed by atoms with Crippen LogP contribution in [0.4, 0.5) is 0 Å². The van der Waals surface area contributed by atoms with Crippen LogP contribution >= 0.6 is 0 Å². The quantitative estimate of drug-likeness (QED) is 0.831. The van der Waals surface area contributed by atoms with Crippen molar-refractivity contribution >= 4 is 5.91 Å². The fourth-order valence-electron chi connectivity index (χ4n) is 4.00. The van der Waals surface area contributed by atoms with Crippen LogP contribution in [-0.4, -0.2) is 56.3 Å². The molecule has 0 aromatic heterocycles. The Bertz CT molecular complexity index is 798. The van der Waals surface area contributed by atoms with Gasteiger partial charge in [-0.3, -0.25) is 9.69 Å². The van der Waals surface area contributed by atoms with Crippen molar-refractivity contribution in [2.24, 2.45) is 0 Å². The van der Waals surface area contributed by atoms with E-state index in [2.05, 4.69) is 22.3 Å². The van der Waals surface area contributed by atoms with Gasteiger partial charge < -0.3 is 19.5 Å². The maximum atomic E-state index is 12.3. The van der Waals surface area contributed by atoms with Gasteiger partial charge in [0.25, 0.3) is 5.91 Å². The zero-order valence-corrected chi connectivity index (χ0v) is 16.0. The van der Waals surface area contributed by atoms with Gasteiger partial charge in [0.1, 0.15) is 0 Å². The summed E-state index contributed by atoms with van der Waals surface area (Å²) in [4.78, 5) is 14.8. The number of fused-ring (bicyclic) bond motifs is 1. The van der Waals surface area contributed by atoms with Crippen LogP contribution in [-0.2, 0) is 9.53 Å². The van der Waals surface area contributed by atoms with E-state index < -0.39 is 0 Å². The molecule has 6 heteroatoms. The van der Waals surface area contributed by atoms with Gasteiger partial charge in [0.05, 0.1) is 19.8 Å². The van der Waals surface area contributed by atoms with E-state index in [1.807, 2.05) is 36.4 Å². The van der Waals surface area contributed by atoms with Crippen LogP contribution in [0.5, 0.6) is 11.5 Å². The number of methoxy groups -OCH3 is 1. The lowest BCUT2D eigenvalue weighted by atomic mass is 10.1. The number of morpholine rings is 1. The van der Waals surface area contributed by atoms with Gasteiger partial charge in [-0.25, -0.2) is 0 Å². The third-order valence-corrected chi connectivity index (χ3v) is 5.38. The summed E-state index contributed by atoms with van der Waals surface area (Å²) in [5, 5.41) is 3.10. The van der Waals surface area contributed by atoms with Crippen molar-refractivity contribution in [3.63, 3.8) is 0 Å². The van der Waals surface area contributed by atoms with Gasteiger partial charge in [0, 0.05) is 25.2 Å². The Morgan fingerprint density at radius 3 is 2.64 bits per heavy atom. The molecule has 2 aromatic rings. The molecule has 2 aromatic carbocycles. The average molecular weight is 382 g/mol. The minimum absolute atomic E-state index is 0.0231. The van der Waals surface area contributed by atoms with Gasteiger partial charge in [-0.2, -0.15) is 0 Å². The Labute approximate surface area is 165 Å². The zero-order chi connectivity index (χ0) is 19.3. The van der Waals surface area contributed by atoms with Crippen molar-refractivity contribution in [1.82, 2.24) is 10.2 Å². The van der Waals surface area contributed by atoms with Crippen molar-refractivity contribution in [2.45, 2.75) is 24.6 Å². The van der Waals surface area contributed by atoms with E-state index in [1.165, 1.54) is 5.56 Å². The predicted molar refractivity (Wildman–Crippen MR) is 106 cm³/mol. The Morgan fingerprint density at radius 1 is 1.11 bits per heavy atom. The molecule has 0 radical (unpaired) electrons. The zero-order valence-electron chi connectivity index (χ0n) is 16.0. The Morgan fingerprint density at radius 2 is 1.86 bits per heavy atom. The third kappa shape index (κ3) is 4.29. The van der Waals surface area contributed by atoms with Crippen LogP contribution in [0.3, 0.4) is 0 Å². The monoisotopic (exact) mass is 382 g/mol. The van der Waals surface area contributed by atoms with Gasteiger partial charge in [-0.05, 0) is 24.1 Å². The molecule has 4 rings (SSSR count). The van der Waals surface area contributed by atoms with E-state index in [4.69, 9.17) is 14.2 Å². The highest BCUT2D eigenvalue weighted by atomic mass is 16.5. The lowest BCUT2D eigenvalue weighted by Crippen LogP contribution is -2.43. The Kier molecular flexibility index (Phi) is 5.78. The molecule has 0 aliphatic carbocycles. The highest BCUT2D eigenvalue weighted by Crippen LogP contribution is 2.30. The molecule has 28 heavy (non-hydrogen) atoms. The Hall–Kier alpha value is -2.57. The molecule has 1 amide bonds. The van der Waals surface area contributed by atoms with Crippen LogP contribution in [0.15, 0.2) is 54.6 Å². The second-order valence-electron chi connectivity index (χ2n) is 7.28. The summed E-state index contributed by atoms with van der Waals surface area (Å²) in [6, 6.07) is 18.1. The van der Waals surface area contributed by atoms with Crippen molar-refractivity contribution in [3.05, 3.63) is 60.2 Å². The summed E-state index contributed by atoms with van der Waals surface area (Å²) in [5.74, 6) is 1.08. The van der Waals surface area contributed by atoms with Gasteiger partial charge in [0.15, 0.2) is 18.1 Å². The summed E-state index contributed by atoms with van der Waals surface area (Å²) < 4.78 is 16.9. The number of hydrogen-bond acceptors (Lipinski definition) is 5. The van der Waals surface area contributed by atoms with E-state index in [0.717, 1.165) is 19.5 Å². The molecule has 2 saturated heterocycles. The van der Waals surface area contributed by atoms with Gasteiger partial charge in [-0.1, -0.05) is 42.5 Å². The lowest BCUT2D eigenvalue weighted by molar-refractivity contribution is -0.123. The molecule has 0 unspecified atom stereocenters. The number of hydrogen-bond donors (Lipinski definition) is 1. The molecular weight excluding hydrogens is 356 g/mol. The fraction of sp³-hybridized carbons (Fsp3) is 0.409. The van der Waals surface area contributed by atoms with Crippen molar-refractivity contribution < 1.29 is 19.0 Å². The summed E-state index contributed by atoms with van der Waals surface area (Å²) in [7, 11) is 1.59. The normalized spacial score (nSPS) is 24.4. The minimum atomic E-state index is -0.115. The number of benzene rings is 2. The maximum absolute atomic E-state index is 12.3. The molecule has 3 atom stereocenters. The molecular formula is C22H26N2O4. The largest absolute Gasteiger partial charge is 0.493 e. The molecule has 2 aliphatic heterocycles. The number of nitrogens with zero attached hydrogens (tertiary/aromatic N) is 1. The smallest absolute Gasteiger partial charge is 0.258 e. The van der Waals surface area contributed by atoms with Gasteiger partial charge in [-0.15, -0.1) is 0 Å². The number of carbonyl (C=O) groups excluding carboxylic acids is 1. The van der Waals surface area contributed by atoms with Crippen LogP contribution in [0.25, 0.3) is 0 Å². The van der Waals surface area contributed by atoms with Gasteiger partial charge >= 0.3 is 0 Å². The van der Waals surface area contributed by atoms with E-state index in [-0.39, 0.29) is 24.7 Å². The number of ether oxygens (including phenoxy) is 3. The third-order valence-electron chi connectivity index (χ3n) is 5.38. The van der Waals surface area contributed by atoms with Crippen molar-refractivity contribution in [1.29, 1.82) is 0 Å². The number of nitrogens with one attached hydrogen (secondary N) is 1. The molecule has 148 valence electrons. The topological polar surface area (TPSA) is 60.0 Å². The first kappa shape index (κ1) is 18.8. The first-order valence-electron chi connectivity index (χ1n) is 9.68. The standard InChI is InChI=1S/C22H26N2O4/c1-26-19-9-5-6-10-20(19)28-15-22(25)23-17-11-18-14-27-21(13-24(18)12-17)16-7-3-2-4-8-16/h2-10,17-18,21H,11-15H2,1H3,(H,23,25)/t17-,18+,21-/m1/s1. The molecule has 0 saturated carbocycles. The van der Waals surface area contributed by atoms with E-state index >= 15 is 0 Å². The summed E-state index contributed by atoms with van der Waals surface area (Å²) >= 11 is 0. The van der Waals surface area contributed by atoms with Crippen LogP contribution in [0.1, 0.15) is 18.1 Å². The molecule has 2 aliphatic rings. The summed E-state index contributed by atoms with van der Waals surface area (Å²) in [6.45, 7) is 2.38. The number of amides is 1. The van der Waals surface area contributed by atoms with E-state index in [0.29, 0.717) is 24.1 Å².